The number of nitrogens with zero attached hydrogens (tertiary/aromatic N) is 2. The molecule has 0 aliphatic heterocycles. The Morgan fingerprint density at radius 1 is 0.967 bits per heavy atom. The quantitative estimate of drug-likeness (QED) is 0.495. The summed E-state index contributed by atoms with van der Waals surface area (Å²) in [5.41, 5.74) is 3.70. The van der Waals surface area contributed by atoms with Crippen LogP contribution < -0.4 is 4.72 Å². The number of benzene rings is 2. The predicted molar refractivity (Wildman–Crippen MR) is 107 cm³/mol. The molecule has 0 fully saturated rings. The molecule has 0 amide bonds. The van der Waals surface area contributed by atoms with Crippen molar-refractivity contribution in [3.63, 3.8) is 0 Å². The standard InChI is InChI=1S/C21H15F2N3O3S/c1-13-2-3-15(21-25-8-9-29-21)10-17(13)14-4-6-16(7-5-14)26-30(27,28)20-18(22)11-24-12-19(20)23/h2-12,26H,1H3. The van der Waals surface area contributed by atoms with Crippen molar-refractivity contribution < 1.29 is 21.6 Å². The second-order valence-electron chi connectivity index (χ2n) is 6.48. The molecule has 9 heteroatoms. The molecule has 1 N–H and O–H groups in total. The molecule has 2 heterocycles. The van der Waals surface area contributed by atoms with Crippen molar-refractivity contribution in [1.82, 2.24) is 9.97 Å². The van der Waals surface area contributed by atoms with E-state index in [0.717, 1.165) is 22.3 Å². The van der Waals surface area contributed by atoms with Crippen molar-refractivity contribution in [1.29, 1.82) is 0 Å². The highest BCUT2D eigenvalue weighted by Crippen LogP contribution is 2.30. The van der Waals surface area contributed by atoms with Crippen molar-refractivity contribution in [2.75, 3.05) is 4.72 Å². The van der Waals surface area contributed by atoms with Gasteiger partial charge in [-0.25, -0.2) is 22.2 Å². The third kappa shape index (κ3) is 3.79. The lowest BCUT2D eigenvalue weighted by Crippen LogP contribution is -2.16. The Bertz CT molecular complexity index is 1290. The van der Waals surface area contributed by atoms with E-state index in [4.69, 9.17) is 4.42 Å². The number of pyridine rings is 1. The van der Waals surface area contributed by atoms with Gasteiger partial charge in [0.05, 0.1) is 18.6 Å². The summed E-state index contributed by atoms with van der Waals surface area (Å²) in [5.74, 6) is -2.04. The summed E-state index contributed by atoms with van der Waals surface area (Å²) in [4.78, 5) is 6.36. The number of aromatic nitrogens is 2. The zero-order valence-corrected chi connectivity index (χ0v) is 16.5. The van der Waals surface area contributed by atoms with Crippen LogP contribution in [0.1, 0.15) is 5.56 Å². The van der Waals surface area contributed by atoms with Gasteiger partial charge in [0.1, 0.15) is 6.26 Å². The monoisotopic (exact) mass is 427 g/mol. The summed E-state index contributed by atoms with van der Waals surface area (Å²) in [5, 5.41) is 0. The first-order valence-corrected chi connectivity index (χ1v) is 10.3. The van der Waals surface area contributed by atoms with Crippen LogP contribution in [-0.4, -0.2) is 18.4 Å². The second-order valence-corrected chi connectivity index (χ2v) is 8.10. The lowest BCUT2D eigenvalue weighted by molar-refractivity contribution is 0.513. The highest BCUT2D eigenvalue weighted by molar-refractivity contribution is 7.92. The molecular weight excluding hydrogens is 412 g/mol. The van der Waals surface area contributed by atoms with E-state index < -0.39 is 26.6 Å². The molecule has 2 aromatic heterocycles. The van der Waals surface area contributed by atoms with Crippen LogP contribution in [0.25, 0.3) is 22.6 Å². The molecule has 30 heavy (non-hydrogen) atoms. The molecule has 152 valence electrons. The molecule has 0 atom stereocenters. The van der Waals surface area contributed by atoms with Crippen LogP contribution in [0, 0.1) is 18.6 Å². The minimum atomic E-state index is -4.46. The second kappa shape index (κ2) is 7.68. The van der Waals surface area contributed by atoms with Gasteiger partial charge in [0.15, 0.2) is 16.5 Å². The fraction of sp³-hybridized carbons (Fsp3) is 0.0476. The lowest BCUT2D eigenvalue weighted by Gasteiger charge is -2.11. The number of oxazole rings is 1. The molecule has 0 aliphatic rings. The van der Waals surface area contributed by atoms with Crippen LogP contribution in [0.15, 0.2) is 76.6 Å². The van der Waals surface area contributed by atoms with Crippen molar-refractivity contribution >= 4 is 15.7 Å². The number of rotatable bonds is 5. The zero-order chi connectivity index (χ0) is 21.3. The summed E-state index contributed by atoms with van der Waals surface area (Å²) in [6.07, 6.45) is 4.34. The molecule has 2 aromatic carbocycles. The van der Waals surface area contributed by atoms with Gasteiger partial charge in [-0.2, -0.15) is 0 Å². The van der Waals surface area contributed by atoms with E-state index in [1.807, 2.05) is 25.1 Å². The van der Waals surface area contributed by atoms with Gasteiger partial charge < -0.3 is 4.42 Å². The Morgan fingerprint density at radius 2 is 1.63 bits per heavy atom. The molecule has 0 aliphatic carbocycles. The van der Waals surface area contributed by atoms with Crippen molar-refractivity contribution in [2.45, 2.75) is 11.8 Å². The predicted octanol–water partition coefficient (Wildman–Crippen LogP) is 4.79. The van der Waals surface area contributed by atoms with E-state index in [-0.39, 0.29) is 5.69 Å². The third-order valence-corrected chi connectivity index (χ3v) is 5.88. The molecule has 0 unspecified atom stereocenters. The Hall–Kier alpha value is -3.59. The topological polar surface area (TPSA) is 85.1 Å². The maximum Gasteiger partial charge on any atom is 0.267 e. The average molecular weight is 427 g/mol. The van der Waals surface area contributed by atoms with Crippen LogP contribution in [0.2, 0.25) is 0 Å². The Kier molecular flexibility index (Phi) is 5.04. The molecule has 0 radical (unpaired) electrons. The summed E-state index contributed by atoms with van der Waals surface area (Å²) < 4.78 is 59.9. The van der Waals surface area contributed by atoms with E-state index in [1.54, 1.807) is 18.3 Å². The van der Waals surface area contributed by atoms with Gasteiger partial charge in [-0.1, -0.05) is 18.2 Å². The molecule has 4 aromatic rings. The SMILES string of the molecule is Cc1ccc(-c2ncco2)cc1-c1ccc(NS(=O)(=O)c2c(F)cncc2F)cc1. The van der Waals surface area contributed by atoms with E-state index in [2.05, 4.69) is 14.7 Å². The van der Waals surface area contributed by atoms with Gasteiger partial charge in [-0.15, -0.1) is 0 Å². The highest BCUT2D eigenvalue weighted by atomic mass is 32.2. The third-order valence-electron chi connectivity index (χ3n) is 4.44. The van der Waals surface area contributed by atoms with Crippen molar-refractivity contribution in [2.24, 2.45) is 0 Å². The van der Waals surface area contributed by atoms with Gasteiger partial charge in [0, 0.05) is 11.3 Å². The molecule has 4 rings (SSSR count). The summed E-state index contributed by atoms with van der Waals surface area (Å²) in [6, 6.07) is 12.2. The van der Waals surface area contributed by atoms with Gasteiger partial charge in [0.2, 0.25) is 5.89 Å². The number of hydrogen-bond donors (Lipinski definition) is 1. The average Bonchev–Trinajstić information content (AvgIpc) is 3.23. The maximum atomic E-state index is 13.8. The molecule has 0 bridgehead atoms. The summed E-state index contributed by atoms with van der Waals surface area (Å²) in [7, 11) is -4.46. The fourth-order valence-corrected chi connectivity index (χ4v) is 4.18. The van der Waals surface area contributed by atoms with E-state index >= 15 is 0 Å². The van der Waals surface area contributed by atoms with E-state index in [9.17, 15) is 17.2 Å². The number of sulfonamides is 1. The Labute approximate surface area is 171 Å². The molecule has 0 saturated heterocycles. The highest BCUT2D eigenvalue weighted by Gasteiger charge is 2.24. The van der Waals surface area contributed by atoms with Gasteiger partial charge in [-0.05, 0) is 47.9 Å². The number of halogens is 2. The molecule has 0 saturated carbocycles. The van der Waals surface area contributed by atoms with Crippen LogP contribution in [0.4, 0.5) is 14.5 Å². The van der Waals surface area contributed by atoms with Crippen LogP contribution in [0.3, 0.4) is 0 Å². The summed E-state index contributed by atoms with van der Waals surface area (Å²) in [6.45, 7) is 1.94. The van der Waals surface area contributed by atoms with Crippen molar-refractivity contribution in [3.05, 3.63) is 84.5 Å². The van der Waals surface area contributed by atoms with Gasteiger partial charge >= 0.3 is 0 Å². The smallest absolute Gasteiger partial charge is 0.267 e. The molecule has 0 spiro atoms. The van der Waals surface area contributed by atoms with Crippen LogP contribution >= 0.6 is 0 Å². The van der Waals surface area contributed by atoms with Gasteiger partial charge in [0.25, 0.3) is 10.0 Å². The van der Waals surface area contributed by atoms with E-state index in [0.29, 0.717) is 18.3 Å². The van der Waals surface area contributed by atoms with Crippen LogP contribution in [0.5, 0.6) is 0 Å². The first kappa shape index (κ1) is 19.7. The molecule has 6 nitrogen and oxygen atoms in total. The Morgan fingerprint density at radius 3 is 2.27 bits per heavy atom. The lowest BCUT2D eigenvalue weighted by atomic mass is 9.98. The zero-order valence-electron chi connectivity index (χ0n) is 15.6. The summed E-state index contributed by atoms with van der Waals surface area (Å²) >= 11 is 0. The number of nitrogens with one attached hydrogen (secondary N) is 1. The minimum absolute atomic E-state index is 0.163. The fourth-order valence-electron chi connectivity index (χ4n) is 3.01. The number of aryl methyl sites for hydroxylation is 1. The number of anilines is 1. The maximum absolute atomic E-state index is 13.8. The first-order chi connectivity index (χ1) is 14.3. The van der Waals surface area contributed by atoms with E-state index in [1.165, 1.54) is 18.4 Å². The first-order valence-electron chi connectivity index (χ1n) is 8.78. The van der Waals surface area contributed by atoms with Crippen LogP contribution in [-0.2, 0) is 10.0 Å². The largest absolute Gasteiger partial charge is 0.445 e. The molecular formula is C21H15F2N3O3S. The minimum Gasteiger partial charge on any atom is -0.445 e. The normalized spacial score (nSPS) is 11.4. The Balaban J connectivity index is 1.63. The number of hydrogen-bond acceptors (Lipinski definition) is 5. The van der Waals surface area contributed by atoms with Crippen molar-refractivity contribution in [3.8, 4) is 22.6 Å². The van der Waals surface area contributed by atoms with Gasteiger partial charge in [-0.3, -0.25) is 9.71 Å².